The Morgan fingerprint density at radius 3 is 2.44 bits per heavy atom. The quantitative estimate of drug-likeness (QED) is 0.652. The van der Waals surface area contributed by atoms with Gasteiger partial charge in [0.25, 0.3) is 0 Å². The van der Waals surface area contributed by atoms with Crippen molar-refractivity contribution in [2.45, 2.75) is 5.54 Å². The van der Waals surface area contributed by atoms with E-state index in [-0.39, 0.29) is 16.8 Å². The van der Waals surface area contributed by atoms with Crippen LogP contribution in [0.2, 0.25) is 0 Å². The molecule has 5 heteroatoms. The minimum atomic E-state index is -1.67. The van der Waals surface area contributed by atoms with Crippen molar-refractivity contribution in [2.75, 3.05) is 0 Å². The molecule has 1 aromatic heterocycles. The minimum absolute atomic E-state index is 0.0382. The molecule has 0 bridgehead atoms. The van der Waals surface area contributed by atoms with Crippen LogP contribution in [0.5, 0.6) is 0 Å². The lowest BCUT2D eigenvalue weighted by Crippen LogP contribution is -2.22. The first-order chi connectivity index (χ1) is 12.1. The SMILES string of the molecule is [C-]#[N+]C(C#N)(c1ccccc1)c1cccnc1-c1ccc(F)cc1F. The van der Waals surface area contributed by atoms with Gasteiger partial charge >= 0.3 is 5.54 Å². The highest BCUT2D eigenvalue weighted by Crippen LogP contribution is 2.39. The molecule has 3 nitrogen and oxygen atoms in total. The van der Waals surface area contributed by atoms with E-state index in [1.54, 1.807) is 42.5 Å². The summed E-state index contributed by atoms with van der Waals surface area (Å²) in [5.41, 5.74) is -0.780. The van der Waals surface area contributed by atoms with Gasteiger partial charge in [-0.1, -0.05) is 18.2 Å². The summed E-state index contributed by atoms with van der Waals surface area (Å²) < 4.78 is 27.5. The molecule has 0 aliphatic carbocycles. The molecule has 0 amide bonds. The van der Waals surface area contributed by atoms with Gasteiger partial charge in [-0.05, 0) is 36.4 Å². The second-order valence-corrected chi connectivity index (χ2v) is 5.32. The number of rotatable bonds is 3. The van der Waals surface area contributed by atoms with E-state index >= 15 is 0 Å². The number of nitriles is 1. The maximum Gasteiger partial charge on any atom is 0.368 e. The van der Waals surface area contributed by atoms with Crippen LogP contribution >= 0.6 is 0 Å². The zero-order chi connectivity index (χ0) is 17.9. The van der Waals surface area contributed by atoms with Crippen LogP contribution in [0.3, 0.4) is 0 Å². The van der Waals surface area contributed by atoms with Crippen molar-refractivity contribution < 1.29 is 8.78 Å². The van der Waals surface area contributed by atoms with Crippen LogP contribution in [0.4, 0.5) is 8.78 Å². The summed E-state index contributed by atoms with van der Waals surface area (Å²) in [7, 11) is 0. The Balaban J connectivity index is 2.31. The molecule has 0 saturated heterocycles. The van der Waals surface area contributed by atoms with Gasteiger partial charge in [0.15, 0.2) is 6.07 Å². The Morgan fingerprint density at radius 1 is 1.04 bits per heavy atom. The van der Waals surface area contributed by atoms with Crippen molar-refractivity contribution in [1.29, 1.82) is 5.26 Å². The smallest absolute Gasteiger partial charge is 0.283 e. The Kier molecular flexibility index (Phi) is 4.24. The molecule has 25 heavy (non-hydrogen) atoms. The van der Waals surface area contributed by atoms with E-state index in [1.165, 1.54) is 12.3 Å². The van der Waals surface area contributed by atoms with Crippen molar-refractivity contribution in [3.8, 4) is 17.3 Å². The molecule has 1 unspecified atom stereocenters. The highest BCUT2D eigenvalue weighted by atomic mass is 19.1. The van der Waals surface area contributed by atoms with E-state index < -0.39 is 17.2 Å². The van der Waals surface area contributed by atoms with Crippen LogP contribution in [-0.2, 0) is 5.54 Å². The maximum atomic E-state index is 14.3. The van der Waals surface area contributed by atoms with Crippen LogP contribution in [0.15, 0.2) is 66.9 Å². The summed E-state index contributed by atoms with van der Waals surface area (Å²) in [4.78, 5) is 7.73. The number of hydrogen-bond donors (Lipinski definition) is 0. The van der Waals surface area contributed by atoms with Gasteiger partial charge in [0, 0.05) is 17.8 Å². The fourth-order valence-electron chi connectivity index (χ4n) is 2.70. The fourth-order valence-corrected chi connectivity index (χ4v) is 2.70. The second-order valence-electron chi connectivity index (χ2n) is 5.32. The highest BCUT2D eigenvalue weighted by Gasteiger charge is 2.44. The molecule has 3 aromatic rings. The molecule has 0 saturated carbocycles. The first-order valence-corrected chi connectivity index (χ1v) is 7.38. The summed E-state index contributed by atoms with van der Waals surface area (Å²) in [6.07, 6.45) is 1.44. The number of benzene rings is 2. The van der Waals surface area contributed by atoms with Crippen LogP contribution in [0.1, 0.15) is 11.1 Å². The third-order valence-corrected chi connectivity index (χ3v) is 3.90. The van der Waals surface area contributed by atoms with Gasteiger partial charge in [-0.2, -0.15) is 5.26 Å². The monoisotopic (exact) mass is 331 g/mol. The van der Waals surface area contributed by atoms with Crippen molar-refractivity contribution in [3.63, 3.8) is 0 Å². The predicted octanol–water partition coefficient (Wildman–Crippen LogP) is 4.71. The van der Waals surface area contributed by atoms with Crippen molar-refractivity contribution >= 4 is 0 Å². The summed E-state index contributed by atoms with van der Waals surface area (Å²) in [6, 6.07) is 16.9. The highest BCUT2D eigenvalue weighted by molar-refractivity contribution is 5.69. The first-order valence-electron chi connectivity index (χ1n) is 7.38. The molecule has 1 heterocycles. The van der Waals surface area contributed by atoms with E-state index in [0.29, 0.717) is 5.56 Å². The molecule has 3 rings (SSSR count). The Hall–Kier alpha value is -3.57. The number of halogens is 2. The number of nitrogens with zero attached hydrogens (tertiary/aromatic N) is 3. The summed E-state index contributed by atoms with van der Waals surface area (Å²) in [5, 5.41) is 9.82. The van der Waals surface area contributed by atoms with E-state index in [9.17, 15) is 14.0 Å². The first kappa shape index (κ1) is 16.3. The minimum Gasteiger partial charge on any atom is -0.283 e. The molecule has 1 atom stereocenters. The van der Waals surface area contributed by atoms with Gasteiger partial charge in [-0.3, -0.25) is 9.83 Å². The second kappa shape index (κ2) is 6.51. The average Bonchev–Trinajstić information content (AvgIpc) is 2.65. The number of pyridine rings is 1. The average molecular weight is 331 g/mol. The molecule has 0 N–H and O–H groups in total. The summed E-state index contributed by atoms with van der Waals surface area (Å²) in [6.45, 7) is 7.65. The molecule has 120 valence electrons. The van der Waals surface area contributed by atoms with E-state index in [4.69, 9.17) is 6.57 Å². The summed E-state index contributed by atoms with van der Waals surface area (Å²) in [5.74, 6) is -1.51. The number of hydrogen-bond acceptors (Lipinski definition) is 2. The van der Waals surface area contributed by atoms with Gasteiger partial charge in [0.2, 0.25) is 0 Å². The van der Waals surface area contributed by atoms with Crippen LogP contribution in [0.25, 0.3) is 16.1 Å². The van der Waals surface area contributed by atoms with Crippen LogP contribution in [-0.4, -0.2) is 4.98 Å². The van der Waals surface area contributed by atoms with Crippen molar-refractivity contribution in [3.05, 3.63) is 101 Å². The standard InChI is InChI=1S/C20H11F2N3/c1-24-20(13-23,14-6-3-2-4-7-14)17-8-5-11-25-19(17)16-10-9-15(21)12-18(16)22/h2-12H. The van der Waals surface area contributed by atoms with E-state index in [0.717, 1.165) is 12.1 Å². The molecular formula is C20H11F2N3. The molecule has 2 aromatic carbocycles. The lowest BCUT2D eigenvalue weighted by atomic mass is 9.82. The van der Waals surface area contributed by atoms with Crippen LogP contribution < -0.4 is 0 Å². The molecule has 0 spiro atoms. The molecule has 0 radical (unpaired) electrons. The molecular weight excluding hydrogens is 320 g/mol. The van der Waals surface area contributed by atoms with Gasteiger partial charge in [0.05, 0.1) is 16.8 Å². The molecule has 0 aliphatic rings. The normalized spacial score (nSPS) is 12.6. The molecule has 0 aliphatic heterocycles. The van der Waals surface area contributed by atoms with Crippen molar-refractivity contribution in [1.82, 2.24) is 4.98 Å². The maximum absolute atomic E-state index is 14.3. The van der Waals surface area contributed by atoms with Gasteiger partial charge in [-0.25, -0.2) is 15.4 Å². The van der Waals surface area contributed by atoms with Gasteiger partial charge in [-0.15, -0.1) is 0 Å². The predicted molar refractivity (Wildman–Crippen MR) is 89.0 cm³/mol. The zero-order valence-corrected chi connectivity index (χ0v) is 12.9. The van der Waals surface area contributed by atoms with E-state index in [1.807, 2.05) is 6.07 Å². The third kappa shape index (κ3) is 2.73. The summed E-state index contributed by atoms with van der Waals surface area (Å²) >= 11 is 0. The van der Waals surface area contributed by atoms with Gasteiger partial charge in [0.1, 0.15) is 11.6 Å². The third-order valence-electron chi connectivity index (χ3n) is 3.90. The number of aromatic nitrogens is 1. The lowest BCUT2D eigenvalue weighted by Gasteiger charge is -2.18. The van der Waals surface area contributed by atoms with Gasteiger partial charge < -0.3 is 0 Å². The molecule has 0 fully saturated rings. The van der Waals surface area contributed by atoms with Crippen molar-refractivity contribution in [2.24, 2.45) is 0 Å². The topological polar surface area (TPSA) is 41.0 Å². The zero-order valence-electron chi connectivity index (χ0n) is 12.9. The lowest BCUT2D eigenvalue weighted by molar-refractivity contribution is 0.585. The fraction of sp³-hybridized carbons (Fsp3) is 0.0500. The van der Waals surface area contributed by atoms with E-state index in [2.05, 4.69) is 9.83 Å². The Morgan fingerprint density at radius 2 is 1.80 bits per heavy atom. The Bertz CT molecular complexity index is 987. The van der Waals surface area contributed by atoms with Crippen LogP contribution in [0, 0.1) is 29.5 Å². The largest absolute Gasteiger partial charge is 0.368 e. The Labute approximate surface area is 143 Å².